The molecule has 2 aromatic carbocycles. The zero-order chi connectivity index (χ0) is 14.7. The van der Waals surface area contributed by atoms with E-state index in [1.165, 1.54) is 0 Å². The molecule has 0 bridgehead atoms. The first-order valence-corrected chi connectivity index (χ1v) is 7.52. The van der Waals surface area contributed by atoms with Crippen LogP contribution >= 0.6 is 39.7 Å². The summed E-state index contributed by atoms with van der Waals surface area (Å²) in [5.74, 6) is 0.806. The van der Waals surface area contributed by atoms with Crippen LogP contribution in [0.5, 0.6) is 5.75 Å². The lowest BCUT2D eigenvalue weighted by Crippen LogP contribution is -2.09. The second kappa shape index (κ2) is 6.57. The Morgan fingerprint density at radius 2 is 2.05 bits per heavy atom. The molecular weight excluding hydrogens is 358 g/mol. The molecule has 0 aliphatic heterocycles. The first kappa shape index (κ1) is 15.3. The van der Waals surface area contributed by atoms with E-state index in [2.05, 4.69) is 15.9 Å². The molecule has 5 heteroatoms. The number of hydrogen-bond acceptors (Lipinski definition) is 2. The average molecular weight is 371 g/mol. The lowest BCUT2D eigenvalue weighted by atomic mass is 10.1. The minimum Gasteiger partial charge on any atom is -0.489 e. The van der Waals surface area contributed by atoms with Crippen LogP contribution in [0.4, 0.5) is 0 Å². The van der Waals surface area contributed by atoms with E-state index in [9.17, 15) is 0 Å². The van der Waals surface area contributed by atoms with Crippen molar-refractivity contribution in [1.82, 2.24) is 0 Å². The van der Waals surface area contributed by atoms with Crippen molar-refractivity contribution < 1.29 is 4.74 Å². The van der Waals surface area contributed by atoms with Crippen molar-refractivity contribution >= 4 is 44.7 Å². The molecule has 0 aromatic heterocycles. The highest BCUT2D eigenvalue weighted by molar-refractivity contribution is 9.10. The van der Waals surface area contributed by atoms with Gasteiger partial charge in [0.25, 0.3) is 0 Å². The summed E-state index contributed by atoms with van der Waals surface area (Å²) in [5.41, 5.74) is 8.34. The third-order valence-corrected chi connectivity index (χ3v) is 4.34. The van der Waals surface area contributed by atoms with Gasteiger partial charge in [-0.2, -0.15) is 0 Å². The zero-order valence-electron chi connectivity index (χ0n) is 10.8. The van der Waals surface area contributed by atoms with Gasteiger partial charge < -0.3 is 10.5 Å². The summed E-state index contributed by atoms with van der Waals surface area (Å²) in [4.78, 5) is 0.336. The lowest BCUT2D eigenvalue weighted by Gasteiger charge is -2.10. The van der Waals surface area contributed by atoms with Crippen molar-refractivity contribution in [1.29, 1.82) is 0 Å². The summed E-state index contributed by atoms with van der Waals surface area (Å²) < 4.78 is 6.80. The maximum absolute atomic E-state index is 6.19. The molecule has 0 spiro atoms. The van der Waals surface area contributed by atoms with E-state index in [0.717, 1.165) is 26.9 Å². The highest BCUT2D eigenvalue weighted by atomic mass is 79.9. The van der Waals surface area contributed by atoms with Crippen LogP contribution in [0.25, 0.3) is 0 Å². The second-order valence-corrected chi connectivity index (χ2v) is 6.07. The summed E-state index contributed by atoms with van der Waals surface area (Å²) in [7, 11) is 0. The predicted octanol–water partition coefficient (Wildman–Crippen LogP) is 4.62. The van der Waals surface area contributed by atoms with Gasteiger partial charge in [0.15, 0.2) is 0 Å². The normalized spacial score (nSPS) is 10.3. The Morgan fingerprint density at radius 3 is 2.65 bits per heavy atom. The molecule has 2 nitrogen and oxygen atoms in total. The highest BCUT2D eigenvalue weighted by Crippen LogP contribution is 2.24. The van der Waals surface area contributed by atoms with Crippen LogP contribution in [-0.2, 0) is 6.61 Å². The van der Waals surface area contributed by atoms with Crippen LogP contribution in [0.2, 0.25) is 5.02 Å². The summed E-state index contributed by atoms with van der Waals surface area (Å²) in [6.07, 6.45) is 0. The van der Waals surface area contributed by atoms with Gasteiger partial charge in [-0.15, -0.1) is 0 Å². The van der Waals surface area contributed by atoms with E-state index < -0.39 is 0 Å². The summed E-state index contributed by atoms with van der Waals surface area (Å²) in [5, 5.41) is 0.601. The number of hydrogen-bond donors (Lipinski definition) is 1. The molecule has 0 unspecified atom stereocenters. The van der Waals surface area contributed by atoms with Gasteiger partial charge in [0.2, 0.25) is 0 Å². The predicted molar refractivity (Wildman–Crippen MR) is 90.6 cm³/mol. The average Bonchev–Trinajstić information content (AvgIpc) is 2.41. The van der Waals surface area contributed by atoms with Crippen LogP contribution in [-0.4, -0.2) is 4.99 Å². The topological polar surface area (TPSA) is 35.2 Å². The van der Waals surface area contributed by atoms with E-state index in [1.54, 1.807) is 6.07 Å². The van der Waals surface area contributed by atoms with Crippen molar-refractivity contribution in [3.63, 3.8) is 0 Å². The monoisotopic (exact) mass is 369 g/mol. The van der Waals surface area contributed by atoms with Gasteiger partial charge in [-0.05, 0) is 36.8 Å². The second-order valence-electron chi connectivity index (χ2n) is 4.37. The van der Waals surface area contributed by atoms with Gasteiger partial charge in [0.1, 0.15) is 17.3 Å². The van der Waals surface area contributed by atoms with Gasteiger partial charge in [0.05, 0.1) is 0 Å². The fraction of sp³-hybridized carbons (Fsp3) is 0.133. The first-order chi connectivity index (χ1) is 9.47. The fourth-order valence-electron chi connectivity index (χ4n) is 1.69. The molecule has 0 heterocycles. The number of halogens is 2. The maximum Gasteiger partial charge on any atom is 0.120 e. The molecule has 0 saturated heterocycles. The highest BCUT2D eigenvalue weighted by Gasteiger charge is 2.05. The Balaban J connectivity index is 2.10. The van der Waals surface area contributed by atoms with Crippen LogP contribution in [0.3, 0.4) is 0 Å². The molecule has 0 saturated carbocycles. The van der Waals surface area contributed by atoms with E-state index in [1.807, 2.05) is 37.3 Å². The van der Waals surface area contributed by atoms with Gasteiger partial charge in [0, 0.05) is 20.6 Å². The molecule has 20 heavy (non-hydrogen) atoms. The number of nitrogens with two attached hydrogens (primary N) is 1. The van der Waals surface area contributed by atoms with Gasteiger partial charge in [-0.1, -0.05) is 51.9 Å². The molecule has 104 valence electrons. The minimum absolute atomic E-state index is 0.336. The number of rotatable bonds is 4. The number of benzene rings is 2. The summed E-state index contributed by atoms with van der Waals surface area (Å²) in [6, 6.07) is 11.3. The van der Waals surface area contributed by atoms with Crippen LogP contribution in [0, 0.1) is 6.92 Å². The van der Waals surface area contributed by atoms with Crippen LogP contribution in [0.1, 0.15) is 16.7 Å². The standard InChI is InChI=1S/C15H13BrClNOS/c1-9-6-12(4-5-13(9)16)19-8-11-3-2-10(15(18)20)7-14(11)17/h2-7H,8H2,1H3,(H2,18,20). The Morgan fingerprint density at radius 1 is 1.30 bits per heavy atom. The quantitative estimate of drug-likeness (QED) is 0.797. The molecule has 0 amide bonds. The Kier molecular flexibility index (Phi) is 5.02. The first-order valence-electron chi connectivity index (χ1n) is 5.94. The molecule has 2 N–H and O–H groups in total. The van der Waals surface area contributed by atoms with E-state index in [0.29, 0.717) is 16.6 Å². The molecule has 0 atom stereocenters. The van der Waals surface area contributed by atoms with Gasteiger partial charge >= 0.3 is 0 Å². The zero-order valence-corrected chi connectivity index (χ0v) is 14.0. The smallest absolute Gasteiger partial charge is 0.120 e. The van der Waals surface area contributed by atoms with E-state index >= 15 is 0 Å². The third-order valence-electron chi connectivity index (χ3n) is 2.86. The maximum atomic E-state index is 6.19. The molecule has 0 aliphatic carbocycles. The van der Waals surface area contributed by atoms with Crippen LogP contribution < -0.4 is 10.5 Å². The Hall–Kier alpha value is -1.10. The molecule has 0 aliphatic rings. The number of ether oxygens (including phenoxy) is 1. The SMILES string of the molecule is Cc1cc(OCc2ccc(C(N)=S)cc2Cl)ccc1Br. The fourth-order valence-corrected chi connectivity index (χ4v) is 2.29. The Bertz CT molecular complexity index is 660. The Labute approximate surface area is 137 Å². The van der Waals surface area contributed by atoms with Crippen molar-refractivity contribution in [2.24, 2.45) is 5.73 Å². The number of aryl methyl sites for hydroxylation is 1. The van der Waals surface area contributed by atoms with Crippen LogP contribution in [0.15, 0.2) is 40.9 Å². The van der Waals surface area contributed by atoms with Crippen molar-refractivity contribution in [2.75, 3.05) is 0 Å². The third kappa shape index (κ3) is 3.72. The van der Waals surface area contributed by atoms with Crippen molar-refractivity contribution in [3.8, 4) is 5.75 Å². The van der Waals surface area contributed by atoms with Crippen molar-refractivity contribution in [2.45, 2.75) is 13.5 Å². The lowest BCUT2D eigenvalue weighted by molar-refractivity contribution is 0.306. The van der Waals surface area contributed by atoms with E-state index in [-0.39, 0.29) is 0 Å². The molecule has 0 radical (unpaired) electrons. The largest absolute Gasteiger partial charge is 0.489 e. The molecular formula is C15H13BrClNOS. The minimum atomic E-state index is 0.336. The number of thiocarbonyl (C=S) groups is 1. The molecule has 2 aromatic rings. The van der Waals surface area contributed by atoms with Gasteiger partial charge in [-0.3, -0.25) is 0 Å². The van der Waals surface area contributed by atoms with E-state index in [4.69, 9.17) is 34.3 Å². The summed E-state index contributed by atoms with van der Waals surface area (Å²) in [6.45, 7) is 2.42. The summed E-state index contributed by atoms with van der Waals surface area (Å²) >= 11 is 14.6. The molecule has 0 fully saturated rings. The molecule has 2 rings (SSSR count). The van der Waals surface area contributed by atoms with Crippen molar-refractivity contribution in [3.05, 3.63) is 62.6 Å². The van der Waals surface area contributed by atoms with Gasteiger partial charge in [-0.25, -0.2) is 0 Å².